The normalized spacial score (nSPS) is 22.2. The molecule has 2 heterocycles. The number of esters is 2. The summed E-state index contributed by atoms with van der Waals surface area (Å²) in [7, 11) is 0. The molecular weight excluding hydrogens is 697 g/mol. The molecule has 0 spiro atoms. The summed E-state index contributed by atoms with van der Waals surface area (Å²) in [6.07, 6.45) is -2.83. The van der Waals surface area contributed by atoms with Crippen LogP contribution in [0.2, 0.25) is 0 Å². The topological polar surface area (TPSA) is 141 Å². The van der Waals surface area contributed by atoms with Crippen molar-refractivity contribution in [1.29, 1.82) is 0 Å². The maximum absolute atomic E-state index is 14.1. The Morgan fingerprint density at radius 2 is 1.66 bits per heavy atom. The molecule has 2 saturated heterocycles. The standard InChI is InChI=1S/C39H37F3N2O9/c40-38(41,42)24-50-33(46)17-16-25-9-7-10-26(21-25)37(49)51-31-22-27(36(48)44-19-8-15-30(44)35(47)43-18-20-45)23-32-34(31)53-39(52-32,28-11-3-1-4-12-28)29-13-5-2-6-14-29/h1-7,9-14,16-17,21,23,30-32,34,45H,8,15,18-20,22,24H2,(H,43,47)/t30-,31-,32-,34+/m1/s1. The second kappa shape index (κ2) is 16.1. The Morgan fingerprint density at radius 3 is 2.32 bits per heavy atom. The first kappa shape index (κ1) is 37.4. The van der Waals surface area contributed by atoms with E-state index >= 15 is 0 Å². The average molecular weight is 735 g/mol. The number of hydrogen-bond acceptors (Lipinski definition) is 9. The molecule has 3 aromatic carbocycles. The second-order valence-corrected chi connectivity index (χ2v) is 12.7. The number of rotatable bonds is 11. The molecule has 14 heteroatoms. The van der Waals surface area contributed by atoms with E-state index in [0.717, 1.165) is 6.08 Å². The fourth-order valence-corrected chi connectivity index (χ4v) is 6.69. The van der Waals surface area contributed by atoms with E-state index in [1.165, 1.54) is 35.2 Å². The second-order valence-electron chi connectivity index (χ2n) is 12.7. The van der Waals surface area contributed by atoms with Crippen LogP contribution in [-0.4, -0.2) is 90.6 Å². The number of fused-ring (bicyclic) bond motifs is 1. The third kappa shape index (κ3) is 8.67. The van der Waals surface area contributed by atoms with Crippen molar-refractivity contribution >= 4 is 29.8 Å². The molecule has 2 aliphatic heterocycles. The highest BCUT2D eigenvalue weighted by molar-refractivity contribution is 5.98. The van der Waals surface area contributed by atoms with Crippen molar-refractivity contribution in [2.75, 3.05) is 26.3 Å². The van der Waals surface area contributed by atoms with Crippen LogP contribution in [-0.2, 0) is 39.1 Å². The van der Waals surface area contributed by atoms with Crippen molar-refractivity contribution in [3.63, 3.8) is 0 Å². The summed E-state index contributed by atoms with van der Waals surface area (Å²) in [5.41, 5.74) is 1.97. The summed E-state index contributed by atoms with van der Waals surface area (Å²) in [5, 5.41) is 11.8. The predicted molar refractivity (Wildman–Crippen MR) is 183 cm³/mol. The number of halogens is 3. The molecule has 2 N–H and O–H groups in total. The lowest BCUT2D eigenvalue weighted by Crippen LogP contribution is -2.49. The molecule has 0 aromatic heterocycles. The van der Waals surface area contributed by atoms with Crippen LogP contribution in [0.3, 0.4) is 0 Å². The van der Waals surface area contributed by atoms with Crippen LogP contribution in [0.15, 0.2) is 103 Å². The van der Waals surface area contributed by atoms with E-state index < -0.39 is 60.8 Å². The molecule has 2 fully saturated rings. The molecule has 2 amide bonds. The Bertz CT molecular complexity index is 1830. The van der Waals surface area contributed by atoms with E-state index in [0.29, 0.717) is 36.1 Å². The molecule has 3 aromatic rings. The number of alkyl halides is 3. The number of benzene rings is 3. The molecule has 0 bridgehead atoms. The van der Waals surface area contributed by atoms with Gasteiger partial charge in [0, 0.05) is 42.3 Å². The number of carbonyl (C=O) groups is 4. The summed E-state index contributed by atoms with van der Waals surface area (Å²) in [4.78, 5) is 54.1. The van der Waals surface area contributed by atoms with Gasteiger partial charge in [0.1, 0.15) is 24.4 Å². The quantitative estimate of drug-likeness (QED) is 0.216. The van der Waals surface area contributed by atoms with Gasteiger partial charge in [-0.2, -0.15) is 13.2 Å². The van der Waals surface area contributed by atoms with Crippen molar-refractivity contribution in [2.45, 2.75) is 55.6 Å². The van der Waals surface area contributed by atoms with E-state index in [9.17, 15) is 37.5 Å². The van der Waals surface area contributed by atoms with Gasteiger partial charge in [-0.1, -0.05) is 72.8 Å². The lowest BCUT2D eigenvalue weighted by Gasteiger charge is -2.33. The molecule has 11 nitrogen and oxygen atoms in total. The Balaban J connectivity index is 1.29. The largest absolute Gasteiger partial charge is 0.456 e. The first-order chi connectivity index (χ1) is 25.5. The molecule has 0 radical (unpaired) electrons. The van der Waals surface area contributed by atoms with E-state index in [4.69, 9.17) is 14.2 Å². The Labute approximate surface area is 303 Å². The zero-order valence-corrected chi connectivity index (χ0v) is 28.4. The SMILES string of the molecule is O=C(C=Cc1cccc(C(=O)O[C@@H]2CC(C(=O)N3CCC[C@@H]3C(=O)NCCO)=C[C@H]3OC(c4ccccc4)(c4ccccc4)O[C@H]32)c1)OCC(F)(F)F. The molecular formula is C39H37F3N2O9. The monoisotopic (exact) mass is 734 g/mol. The summed E-state index contributed by atoms with van der Waals surface area (Å²) in [5.74, 6) is -4.24. The number of ether oxygens (including phenoxy) is 4. The number of hydrogen-bond donors (Lipinski definition) is 2. The van der Waals surface area contributed by atoms with Crippen LogP contribution in [0.5, 0.6) is 0 Å². The van der Waals surface area contributed by atoms with Crippen molar-refractivity contribution in [2.24, 2.45) is 0 Å². The van der Waals surface area contributed by atoms with Gasteiger partial charge in [0.05, 0.1) is 12.2 Å². The first-order valence-electron chi connectivity index (χ1n) is 17.1. The number of amides is 2. The molecule has 4 atom stereocenters. The van der Waals surface area contributed by atoms with E-state index in [-0.39, 0.29) is 36.6 Å². The Hall–Kier alpha value is -5.31. The van der Waals surface area contributed by atoms with Gasteiger partial charge in [-0.15, -0.1) is 0 Å². The molecule has 278 valence electrons. The third-order valence-electron chi connectivity index (χ3n) is 9.06. The lowest BCUT2D eigenvalue weighted by molar-refractivity contribution is -0.182. The van der Waals surface area contributed by atoms with Crippen LogP contribution in [0.1, 0.15) is 46.3 Å². The van der Waals surface area contributed by atoms with Gasteiger partial charge in [0.25, 0.3) is 0 Å². The maximum Gasteiger partial charge on any atom is 0.422 e. The van der Waals surface area contributed by atoms with Crippen LogP contribution >= 0.6 is 0 Å². The lowest BCUT2D eigenvalue weighted by atomic mass is 9.91. The number of carbonyl (C=O) groups excluding carboxylic acids is 4. The van der Waals surface area contributed by atoms with Crippen molar-refractivity contribution in [1.82, 2.24) is 10.2 Å². The Kier molecular flexibility index (Phi) is 11.4. The minimum Gasteiger partial charge on any atom is -0.456 e. The van der Waals surface area contributed by atoms with Gasteiger partial charge in [-0.25, -0.2) is 9.59 Å². The summed E-state index contributed by atoms with van der Waals surface area (Å²) in [6.45, 7) is -1.61. The number of likely N-dealkylation sites (tertiary alicyclic amines) is 1. The first-order valence-corrected chi connectivity index (χ1v) is 17.1. The van der Waals surface area contributed by atoms with Gasteiger partial charge >= 0.3 is 18.1 Å². The van der Waals surface area contributed by atoms with Crippen molar-refractivity contribution < 1.29 is 56.4 Å². The molecule has 0 unspecified atom stereocenters. The minimum absolute atomic E-state index is 0.0488. The number of nitrogens with zero attached hydrogens (tertiary/aromatic N) is 1. The third-order valence-corrected chi connectivity index (χ3v) is 9.06. The fraction of sp³-hybridized carbons (Fsp3) is 0.333. The molecule has 6 rings (SSSR count). The van der Waals surface area contributed by atoms with E-state index in [1.807, 2.05) is 60.7 Å². The maximum atomic E-state index is 14.1. The molecule has 53 heavy (non-hydrogen) atoms. The summed E-state index contributed by atoms with van der Waals surface area (Å²) in [6, 6.07) is 23.6. The zero-order valence-electron chi connectivity index (χ0n) is 28.4. The smallest absolute Gasteiger partial charge is 0.422 e. The number of aliphatic hydroxyl groups is 1. The van der Waals surface area contributed by atoms with Crippen LogP contribution in [0.4, 0.5) is 13.2 Å². The van der Waals surface area contributed by atoms with Crippen molar-refractivity contribution in [3.05, 3.63) is 125 Å². The van der Waals surface area contributed by atoms with Crippen LogP contribution in [0.25, 0.3) is 6.08 Å². The number of aliphatic hydroxyl groups excluding tert-OH is 1. The van der Waals surface area contributed by atoms with Gasteiger partial charge in [-0.05, 0) is 42.7 Å². The van der Waals surface area contributed by atoms with E-state index in [1.54, 1.807) is 6.08 Å². The highest BCUT2D eigenvalue weighted by atomic mass is 19.4. The fourth-order valence-electron chi connectivity index (χ4n) is 6.69. The van der Waals surface area contributed by atoms with Crippen LogP contribution < -0.4 is 5.32 Å². The predicted octanol–water partition coefficient (Wildman–Crippen LogP) is 4.45. The van der Waals surface area contributed by atoms with E-state index in [2.05, 4.69) is 10.1 Å². The molecule has 0 saturated carbocycles. The van der Waals surface area contributed by atoms with Crippen molar-refractivity contribution in [3.8, 4) is 0 Å². The molecule has 1 aliphatic carbocycles. The van der Waals surface area contributed by atoms with Gasteiger partial charge in [-0.3, -0.25) is 9.59 Å². The highest BCUT2D eigenvalue weighted by Crippen LogP contribution is 2.47. The number of nitrogens with one attached hydrogen (secondary N) is 1. The highest BCUT2D eigenvalue weighted by Gasteiger charge is 2.55. The average Bonchev–Trinajstić information content (AvgIpc) is 3.82. The van der Waals surface area contributed by atoms with Gasteiger partial charge in [0.2, 0.25) is 17.6 Å². The van der Waals surface area contributed by atoms with Crippen LogP contribution in [0, 0.1) is 0 Å². The zero-order chi connectivity index (χ0) is 37.6. The summed E-state index contributed by atoms with van der Waals surface area (Å²) >= 11 is 0. The van der Waals surface area contributed by atoms with Gasteiger partial charge < -0.3 is 34.3 Å². The Morgan fingerprint density at radius 1 is 0.962 bits per heavy atom. The minimum atomic E-state index is -4.67. The molecule has 3 aliphatic rings. The summed E-state index contributed by atoms with van der Waals surface area (Å²) < 4.78 is 61.1. The van der Waals surface area contributed by atoms with Gasteiger partial charge in [0.15, 0.2) is 6.61 Å².